The van der Waals surface area contributed by atoms with Gasteiger partial charge in [-0.2, -0.15) is 23.5 Å². The third-order valence-corrected chi connectivity index (χ3v) is 5.34. The van der Waals surface area contributed by atoms with E-state index in [2.05, 4.69) is 10.6 Å². The Morgan fingerprint density at radius 3 is 1.81 bits per heavy atom. The Kier molecular flexibility index (Phi) is 14.7. The summed E-state index contributed by atoms with van der Waals surface area (Å²) in [4.78, 5) is 59.3. The van der Waals surface area contributed by atoms with E-state index >= 15 is 0 Å². The minimum Gasteiger partial charge on any atom is -0.480 e. The SMILES string of the molecule is CSCCC(N)C(=O)NC(CCSC)C(=O)NC(CO)C(=O)NC(CC(N)=O)C(=O)O. The molecule has 0 aliphatic rings. The molecule has 12 nitrogen and oxygen atoms in total. The summed E-state index contributed by atoms with van der Waals surface area (Å²) in [6.45, 7) is -0.836. The van der Waals surface area contributed by atoms with Gasteiger partial charge in [0.05, 0.1) is 19.1 Å². The van der Waals surface area contributed by atoms with Gasteiger partial charge < -0.3 is 37.6 Å². The van der Waals surface area contributed by atoms with E-state index in [1.165, 1.54) is 23.5 Å². The average Bonchev–Trinajstić information content (AvgIpc) is 2.71. The Morgan fingerprint density at radius 1 is 0.839 bits per heavy atom. The summed E-state index contributed by atoms with van der Waals surface area (Å²) in [6.07, 6.45) is 3.69. The van der Waals surface area contributed by atoms with Gasteiger partial charge in [-0.05, 0) is 36.9 Å². The Balaban J connectivity index is 5.16. The van der Waals surface area contributed by atoms with Crippen molar-refractivity contribution in [2.75, 3.05) is 30.6 Å². The highest BCUT2D eigenvalue weighted by Crippen LogP contribution is 2.04. The van der Waals surface area contributed by atoms with Crippen LogP contribution in [0.3, 0.4) is 0 Å². The number of aliphatic hydroxyl groups is 1. The number of nitrogens with two attached hydrogens (primary N) is 2. The Labute approximate surface area is 189 Å². The van der Waals surface area contributed by atoms with Crippen LogP contribution in [0.4, 0.5) is 0 Å². The maximum atomic E-state index is 12.6. The number of amides is 4. The number of carboxylic acids is 1. The van der Waals surface area contributed by atoms with Gasteiger partial charge in [0.1, 0.15) is 18.1 Å². The van der Waals surface area contributed by atoms with Crippen LogP contribution in [0.2, 0.25) is 0 Å². The van der Waals surface area contributed by atoms with E-state index in [1.807, 2.05) is 17.8 Å². The molecular weight excluding hydrogens is 450 g/mol. The molecule has 0 saturated carbocycles. The average molecular weight is 482 g/mol. The second-order valence-electron chi connectivity index (χ2n) is 6.54. The molecule has 0 rings (SSSR count). The zero-order chi connectivity index (χ0) is 24.0. The fourth-order valence-corrected chi connectivity index (χ4v) is 3.26. The standard InChI is InChI=1S/C17H31N5O7S2/c1-30-5-3-9(18)14(25)20-10(4-6-31-2)15(26)22-12(8-23)16(27)21-11(17(28)29)7-13(19)24/h9-12,23H,3-8,18H2,1-2H3,(H2,19,24)(H,20,25)(H,21,27)(H,22,26)(H,28,29). The van der Waals surface area contributed by atoms with Gasteiger partial charge >= 0.3 is 5.97 Å². The topological polar surface area (TPSA) is 214 Å². The van der Waals surface area contributed by atoms with Crippen molar-refractivity contribution in [3.8, 4) is 0 Å². The third-order valence-electron chi connectivity index (χ3n) is 4.05. The first-order valence-electron chi connectivity index (χ1n) is 9.33. The Bertz CT molecular complexity index is 638. The lowest BCUT2D eigenvalue weighted by Crippen LogP contribution is -2.58. The lowest BCUT2D eigenvalue weighted by atomic mass is 10.1. The predicted octanol–water partition coefficient (Wildman–Crippen LogP) is -2.77. The zero-order valence-electron chi connectivity index (χ0n) is 17.5. The van der Waals surface area contributed by atoms with Crippen molar-refractivity contribution in [3.05, 3.63) is 0 Å². The van der Waals surface area contributed by atoms with Crippen molar-refractivity contribution in [1.29, 1.82) is 0 Å². The molecule has 4 atom stereocenters. The number of primary amides is 1. The number of rotatable bonds is 16. The largest absolute Gasteiger partial charge is 0.480 e. The van der Waals surface area contributed by atoms with Gasteiger partial charge in [-0.3, -0.25) is 19.2 Å². The molecule has 0 radical (unpaired) electrons. The molecule has 178 valence electrons. The maximum Gasteiger partial charge on any atom is 0.326 e. The van der Waals surface area contributed by atoms with Gasteiger partial charge in [0.15, 0.2) is 0 Å². The molecule has 14 heteroatoms. The van der Waals surface area contributed by atoms with Gasteiger partial charge in [0.2, 0.25) is 23.6 Å². The second kappa shape index (κ2) is 15.7. The molecule has 0 fully saturated rings. The minimum absolute atomic E-state index is 0.243. The van der Waals surface area contributed by atoms with Gasteiger partial charge in [-0.25, -0.2) is 4.79 Å². The van der Waals surface area contributed by atoms with E-state index in [0.717, 1.165) is 0 Å². The lowest BCUT2D eigenvalue weighted by molar-refractivity contribution is -0.144. The van der Waals surface area contributed by atoms with E-state index in [1.54, 1.807) is 0 Å². The maximum absolute atomic E-state index is 12.6. The molecule has 0 aliphatic heterocycles. The molecule has 0 spiro atoms. The summed E-state index contributed by atoms with van der Waals surface area (Å²) in [7, 11) is 0. The molecule has 0 bridgehead atoms. The lowest BCUT2D eigenvalue weighted by Gasteiger charge is -2.24. The van der Waals surface area contributed by atoms with Crippen LogP contribution < -0.4 is 27.4 Å². The quantitative estimate of drug-likeness (QED) is 0.120. The summed E-state index contributed by atoms with van der Waals surface area (Å²) in [5.41, 5.74) is 10.8. The number of nitrogens with one attached hydrogen (secondary N) is 3. The number of hydrogen-bond acceptors (Lipinski definition) is 9. The smallest absolute Gasteiger partial charge is 0.326 e. The minimum atomic E-state index is -1.61. The predicted molar refractivity (Wildman–Crippen MR) is 118 cm³/mol. The number of carbonyl (C=O) groups is 5. The number of carboxylic acid groups (broad SMARTS) is 1. The van der Waals surface area contributed by atoms with Crippen LogP contribution in [0, 0.1) is 0 Å². The fraction of sp³-hybridized carbons (Fsp3) is 0.706. The van der Waals surface area contributed by atoms with Gasteiger partial charge in [0.25, 0.3) is 0 Å². The Hall–Kier alpha value is -2.03. The molecule has 4 unspecified atom stereocenters. The molecule has 0 aromatic rings. The second-order valence-corrected chi connectivity index (χ2v) is 8.52. The summed E-state index contributed by atoms with van der Waals surface area (Å²) >= 11 is 2.97. The highest BCUT2D eigenvalue weighted by atomic mass is 32.2. The van der Waals surface area contributed by atoms with Crippen LogP contribution in [-0.2, 0) is 24.0 Å². The van der Waals surface area contributed by atoms with Gasteiger partial charge in [-0.1, -0.05) is 0 Å². The fourth-order valence-electron chi connectivity index (χ4n) is 2.30. The molecule has 0 aromatic carbocycles. The van der Waals surface area contributed by atoms with Gasteiger partial charge in [-0.15, -0.1) is 0 Å². The van der Waals surface area contributed by atoms with Crippen molar-refractivity contribution in [2.24, 2.45) is 11.5 Å². The normalized spacial score (nSPS) is 14.6. The van der Waals surface area contributed by atoms with Crippen LogP contribution in [0.15, 0.2) is 0 Å². The molecule has 4 amide bonds. The summed E-state index contributed by atoms with van der Waals surface area (Å²) in [5, 5.41) is 25.4. The van der Waals surface area contributed by atoms with Crippen molar-refractivity contribution in [2.45, 2.75) is 43.4 Å². The van der Waals surface area contributed by atoms with Crippen LogP contribution >= 0.6 is 23.5 Å². The zero-order valence-corrected chi connectivity index (χ0v) is 19.1. The van der Waals surface area contributed by atoms with Crippen molar-refractivity contribution < 1.29 is 34.2 Å². The monoisotopic (exact) mass is 481 g/mol. The van der Waals surface area contributed by atoms with Crippen LogP contribution in [-0.4, -0.2) is 94.6 Å². The van der Waals surface area contributed by atoms with Crippen molar-refractivity contribution >= 4 is 53.1 Å². The van der Waals surface area contributed by atoms with Crippen molar-refractivity contribution in [3.63, 3.8) is 0 Å². The van der Waals surface area contributed by atoms with Crippen LogP contribution in [0.1, 0.15) is 19.3 Å². The molecule has 31 heavy (non-hydrogen) atoms. The summed E-state index contributed by atoms with van der Waals surface area (Å²) in [5.74, 6) is -3.54. The highest BCUT2D eigenvalue weighted by molar-refractivity contribution is 7.98. The Morgan fingerprint density at radius 2 is 1.32 bits per heavy atom. The van der Waals surface area contributed by atoms with Gasteiger partial charge in [0, 0.05) is 0 Å². The summed E-state index contributed by atoms with van der Waals surface area (Å²) in [6, 6.07) is -4.93. The molecule has 9 N–H and O–H groups in total. The molecule has 0 heterocycles. The molecule has 0 aromatic heterocycles. The van der Waals surface area contributed by atoms with E-state index in [-0.39, 0.29) is 6.42 Å². The van der Waals surface area contributed by atoms with E-state index in [4.69, 9.17) is 16.6 Å². The van der Waals surface area contributed by atoms with Crippen LogP contribution in [0.5, 0.6) is 0 Å². The molecular formula is C17H31N5O7S2. The first kappa shape index (κ1) is 29.0. The summed E-state index contributed by atoms with van der Waals surface area (Å²) < 4.78 is 0. The number of aliphatic carboxylic acids is 1. The molecule has 0 saturated heterocycles. The number of aliphatic hydroxyl groups excluding tert-OH is 1. The van der Waals surface area contributed by atoms with Crippen LogP contribution in [0.25, 0.3) is 0 Å². The number of carbonyl (C=O) groups excluding carboxylic acids is 4. The third kappa shape index (κ3) is 11.8. The number of thioether (sulfide) groups is 2. The highest BCUT2D eigenvalue weighted by Gasteiger charge is 2.30. The van der Waals surface area contributed by atoms with E-state index in [9.17, 15) is 29.1 Å². The van der Waals surface area contributed by atoms with E-state index in [0.29, 0.717) is 17.9 Å². The first-order chi connectivity index (χ1) is 14.6. The van der Waals surface area contributed by atoms with Crippen molar-refractivity contribution in [1.82, 2.24) is 16.0 Å². The molecule has 0 aliphatic carbocycles. The van der Waals surface area contributed by atoms with E-state index < -0.39 is 66.8 Å². The number of hydrogen-bond donors (Lipinski definition) is 7. The first-order valence-corrected chi connectivity index (χ1v) is 12.1.